The lowest BCUT2D eigenvalue weighted by Crippen LogP contribution is -2.12. The Morgan fingerprint density at radius 1 is 0.900 bits per heavy atom. The van der Waals surface area contributed by atoms with E-state index in [2.05, 4.69) is 13.2 Å². The molecule has 0 aliphatic heterocycles. The third-order valence-corrected chi connectivity index (χ3v) is 3.90. The number of esters is 2. The molecular formula is C23H23FO6. The lowest BCUT2D eigenvalue weighted by Gasteiger charge is -2.13. The van der Waals surface area contributed by atoms with Crippen molar-refractivity contribution >= 4 is 11.9 Å². The fourth-order valence-electron chi connectivity index (χ4n) is 2.37. The first kappa shape index (κ1) is 22.7. The van der Waals surface area contributed by atoms with Crippen LogP contribution in [0, 0.1) is 5.82 Å². The summed E-state index contributed by atoms with van der Waals surface area (Å²) in [4.78, 5) is 23.0. The minimum absolute atomic E-state index is 0.0211. The van der Waals surface area contributed by atoms with Crippen LogP contribution >= 0.6 is 0 Å². The Labute approximate surface area is 174 Å². The SMILES string of the molecule is C=C(C)C(=O)OCCOc1ccc(-c2ccc(OC(=O)C(=C)C)cc2OC)c(F)c1. The van der Waals surface area contributed by atoms with Crippen LogP contribution in [0.1, 0.15) is 13.8 Å². The number of methoxy groups -OCH3 is 1. The van der Waals surface area contributed by atoms with Gasteiger partial charge in [0.2, 0.25) is 0 Å². The lowest BCUT2D eigenvalue weighted by molar-refractivity contribution is -0.139. The van der Waals surface area contributed by atoms with Crippen LogP contribution in [0.3, 0.4) is 0 Å². The zero-order chi connectivity index (χ0) is 22.3. The summed E-state index contributed by atoms with van der Waals surface area (Å²) >= 11 is 0. The van der Waals surface area contributed by atoms with Crippen LogP contribution in [0.5, 0.6) is 17.2 Å². The topological polar surface area (TPSA) is 71.1 Å². The Morgan fingerprint density at radius 3 is 2.13 bits per heavy atom. The number of hydrogen-bond acceptors (Lipinski definition) is 6. The van der Waals surface area contributed by atoms with Crippen LogP contribution < -0.4 is 14.2 Å². The van der Waals surface area contributed by atoms with Gasteiger partial charge < -0.3 is 18.9 Å². The predicted octanol–water partition coefficient (Wildman–Crippen LogP) is 4.48. The van der Waals surface area contributed by atoms with E-state index < -0.39 is 17.8 Å². The number of carbonyl (C=O) groups excluding carboxylic acids is 2. The van der Waals surface area contributed by atoms with Gasteiger partial charge in [-0.25, -0.2) is 14.0 Å². The van der Waals surface area contributed by atoms with Gasteiger partial charge >= 0.3 is 11.9 Å². The van der Waals surface area contributed by atoms with Crippen molar-refractivity contribution in [3.05, 3.63) is 66.5 Å². The molecule has 0 bridgehead atoms. The van der Waals surface area contributed by atoms with Crippen molar-refractivity contribution < 1.29 is 32.9 Å². The maximum absolute atomic E-state index is 14.7. The number of rotatable bonds is 9. The van der Waals surface area contributed by atoms with E-state index in [1.807, 2.05) is 0 Å². The van der Waals surface area contributed by atoms with E-state index in [9.17, 15) is 14.0 Å². The molecule has 7 heteroatoms. The molecule has 0 amide bonds. The van der Waals surface area contributed by atoms with Gasteiger partial charge in [-0.1, -0.05) is 13.2 Å². The predicted molar refractivity (Wildman–Crippen MR) is 110 cm³/mol. The molecule has 0 saturated heterocycles. The molecular weight excluding hydrogens is 391 g/mol. The zero-order valence-corrected chi connectivity index (χ0v) is 17.1. The molecule has 0 N–H and O–H groups in total. The standard InChI is InChI=1S/C23H23FO6/c1-14(2)22(25)29-11-10-28-16-6-8-18(20(24)12-16)19-9-7-17(13-21(19)27-5)30-23(26)15(3)4/h6-9,12-13H,1,3,10-11H2,2,4-5H3. The first-order chi connectivity index (χ1) is 14.2. The Balaban J connectivity index is 2.12. The lowest BCUT2D eigenvalue weighted by atomic mass is 10.0. The molecule has 6 nitrogen and oxygen atoms in total. The van der Waals surface area contributed by atoms with E-state index in [4.69, 9.17) is 18.9 Å². The van der Waals surface area contributed by atoms with Gasteiger partial charge in [0, 0.05) is 34.4 Å². The molecule has 0 fully saturated rings. The minimum atomic E-state index is -0.564. The van der Waals surface area contributed by atoms with E-state index in [0.29, 0.717) is 16.9 Å². The summed E-state index contributed by atoms with van der Waals surface area (Å²) in [7, 11) is 1.44. The maximum atomic E-state index is 14.7. The van der Waals surface area contributed by atoms with Crippen molar-refractivity contribution in [1.29, 1.82) is 0 Å². The average molecular weight is 414 g/mol. The van der Waals surface area contributed by atoms with Gasteiger partial charge in [0.1, 0.15) is 36.3 Å². The normalized spacial score (nSPS) is 10.1. The molecule has 0 atom stereocenters. The summed E-state index contributed by atoms with van der Waals surface area (Å²) in [6.07, 6.45) is 0. The highest BCUT2D eigenvalue weighted by Gasteiger charge is 2.14. The Bertz CT molecular complexity index is 980. The summed E-state index contributed by atoms with van der Waals surface area (Å²) in [5.74, 6) is -0.726. The second-order valence-electron chi connectivity index (χ2n) is 6.44. The summed E-state index contributed by atoms with van der Waals surface area (Å²) in [6.45, 7) is 10.2. The van der Waals surface area contributed by atoms with Crippen LogP contribution in [-0.4, -0.2) is 32.3 Å². The molecule has 0 heterocycles. The summed E-state index contributed by atoms with van der Waals surface area (Å²) in [5.41, 5.74) is 1.31. The van der Waals surface area contributed by atoms with Gasteiger partial charge in [-0.2, -0.15) is 0 Å². The summed E-state index contributed by atoms with van der Waals surface area (Å²) < 4.78 is 35.5. The van der Waals surface area contributed by atoms with Crippen molar-refractivity contribution in [3.63, 3.8) is 0 Å². The van der Waals surface area contributed by atoms with E-state index in [-0.39, 0.29) is 35.8 Å². The van der Waals surface area contributed by atoms with Crippen LogP contribution in [0.2, 0.25) is 0 Å². The van der Waals surface area contributed by atoms with Crippen molar-refractivity contribution in [2.45, 2.75) is 13.8 Å². The van der Waals surface area contributed by atoms with Gasteiger partial charge in [-0.05, 0) is 38.1 Å². The van der Waals surface area contributed by atoms with Crippen LogP contribution in [-0.2, 0) is 14.3 Å². The molecule has 2 rings (SSSR count). The summed E-state index contributed by atoms with van der Waals surface area (Å²) in [6, 6.07) is 8.99. The Hall–Kier alpha value is -3.61. The maximum Gasteiger partial charge on any atom is 0.338 e. The second-order valence-corrected chi connectivity index (χ2v) is 6.44. The second kappa shape index (κ2) is 10.2. The van der Waals surface area contributed by atoms with Gasteiger partial charge in [0.15, 0.2) is 0 Å². The average Bonchev–Trinajstić information content (AvgIpc) is 2.71. The van der Waals surface area contributed by atoms with Gasteiger partial charge in [0.05, 0.1) is 7.11 Å². The van der Waals surface area contributed by atoms with E-state index >= 15 is 0 Å². The van der Waals surface area contributed by atoms with Gasteiger partial charge in [-0.15, -0.1) is 0 Å². The highest BCUT2D eigenvalue weighted by atomic mass is 19.1. The zero-order valence-electron chi connectivity index (χ0n) is 17.1. The Kier molecular flexibility index (Phi) is 7.75. The molecule has 0 unspecified atom stereocenters. The highest BCUT2D eigenvalue weighted by Crippen LogP contribution is 2.36. The van der Waals surface area contributed by atoms with E-state index in [0.717, 1.165) is 0 Å². The fourth-order valence-corrected chi connectivity index (χ4v) is 2.37. The van der Waals surface area contributed by atoms with Gasteiger partial charge in [-0.3, -0.25) is 0 Å². The molecule has 0 aromatic heterocycles. The minimum Gasteiger partial charge on any atom is -0.496 e. The van der Waals surface area contributed by atoms with Crippen molar-refractivity contribution in [2.75, 3.05) is 20.3 Å². The molecule has 30 heavy (non-hydrogen) atoms. The molecule has 2 aromatic carbocycles. The smallest absolute Gasteiger partial charge is 0.338 e. The molecule has 0 spiro atoms. The van der Waals surface area contributed by atoms with Crippen LogP contribution in [0.4, 0.5) is 4.39 Å². The molecule has 0 aliphatic rings. The summed E-state index contributed by atoms with van der Waals surface area (Å²) in [5, 5.41) is 0. The van der Waals surface area contributed by atoms with Crippen molar-refractivity contribution in [3.8, 4) is 28.4 Å². The third-order valence-electron chi connectivity index (χ3n) is 3.90. The number of carbonyl (C=O) groups is 2. The fraction of sp³-hybridized carbons (Fsp3) is 0.217. The van der Waals surface area contributed by atoms with Crippen LogP contribution in [0.25, 0.3) is 11.1 Å². The number of benzene rings is 2. The van der Waals surface area contributed by atoms with Crippen molar-refractivity contribution in [2.24, 2.45) is 0 Å². The molecule has 2 aromatic rings. The van der Waals surface area contributed by atoms with Crippen LogP contribution in [0.15, 0.2) is 60.7 Å². The molecule has 158 valence electrons. The molecule has 0 aliphatic carbocycles. The molecule has 0 saturated carbocycles. The molecule has 0 radical (unpaired) electrons. The number of halogens is 1. The Morgan fingerprint density at radius 2 is 1.53 bits per heavy atom. The van der Waals surface area contributed by atoms with E-state index in [1.54, 1.807) is 31.2 Å². The first-order valence-electron chi connectivity index (χ1n) is 9.04. The van der Waals surface area contributed by atoms with Gasteiger partial charge in [0.25, 0.3) is 0 Å². The monoisotopic (exact) mass is 414 g/mol. The number of hydrogen-bond donors (Lipinski definition) is 0. The third kappa shape index (κ3) is 5.94. The quantitative estimate of drug-likeness (QED) is 0.261. The largest absolute Gasteiger partial charge is 0.496 e. The highest BCUT2D eigenvalue weighted by molar-refractivity contribution is 5.89. The number of ether oxygens (including phenoxy) is 4. The van der Waals surface area contributed by atoms with Crippen molar-refractivity contribution in [1.82, 2.24) is 0 Å². The first-order valence-corrected chi connectivity index (χ1v) is 9.04. The van der Waals surface area contributed by atoms with E-state index in [1.165, 1.54) is 26.2 Å².